The van der Waals surface area contributed by atoms with Gasteiger partial charge in [-0.05, 0) is 68.3 Å². The molecule has 0 aliphatic carbocycles. The third-order valence-corrected chi connectivity index (χ3v) is 8.11. The van der Waals surface area contributed by atoms with Gasteiger partial charge < -0.3 is 0 Å². The Morgan fingerprint density at radius 1 is 0.656 bits per heavy atom. The van der Waals surface area contributed by atoms with Gasteiger partial charge in [0.25, 0.3) is 0 Å². The molecule has 154 valence electrons. The number of fused-ring (bicyclic) bond motifs is 2. The first kappa shape index (κ1) is 19.9. The van der Waals surface area contributed by atoms with Crippen LogP contribution in [0.1, 0.15) is 0 Å². The summed E-state index contributed by atoms with van der Waals surface area (Å²) >= 11 is 8.95. The summed E-state index contributed by atoms with van der Waals surface area (Å²) in [6.07, 6.45) is 0. The zero-order valence-corrected chi connectivity index (χ0v) is 20.7. The van der Waals surface area contributed by atoms with Gasteiger partial charge in [-0.2, -0.15) is 0 Å². The largest absolute Gasteiger partial charge is 0.292 e. The van der Waals surface area contributed by atoms with Gasteiger partial charge in [0.2, 0.25) is 0 Å². The van der Waals surface area contributed by atoms with E-state index in [1.807, 2.05) is 24.3 Å². The molecule has 0 aliphatic rings. The number of benzene rings is 4. The highest BCUT2D eigenvalue weighted by Gasteiger charge is 2.15. The SMILES string of the molecule is Brc1ccc(Br)c2sc(-c3ccc(-c4nc5ccccc5n4-c4ccccc4)cc3)nc12. The maximum absolute atomic E-state index is 4.96. The summed E-state index contributed by atoms with van der Waals surface area (Å²) in [4.78, 5) is 9.82. The van der Waals surface area contributed by atoms with E-state index >= 15 is 0 Å². The van der Waals surface area contributed by atoms with Crippen LogP contribution in [0.4, 0.5) is 0 Å². The molecule has 6 heteroatoms. The van der Waals surface area contributed by atoms with Gasteiger partial charge in [0.1, 0.15) is 10.8 Å². The highest BCUT2D eigenvalue weighted by atomic mass is 79.9. The van der Waals surface area contributed by atoms with E-state index in [1.54, 1.807) is 11.3 Å². The molecule has 0 bridgehead atoms. The van der Waals surface area contributed by atoms with E-state index in [0.29, 0.717) is 0 Å². The number of rotatable bonds is 3. The van der Waals surface area contributed by atoms with Crippen molar-refractivity contribution < 1.29 is 0 Å². The van der Waals surface area contributed by atoms with Gasteiger partial charge in [0.15, 0.2) is 0 Å². The molecule has 0 unspecified atom stereocenters. The second-order valence-corrected chi connectivity index (χ2v) is 10.1. The van der Waals surface area contributed by atoms with Crippen molar-refractivity contribution in [2.24, 2.45) is 0 Å². The monoisotopic (exact) mass is 559 g/mol. The van der Waals surface area contributed by atoms with Crippen molar-refractivity contribution in [3.05, 3.63) is 99.9 Å². The average molecular weight is 561 g/mol. The zero-order chi connectivity index (χ0) is 21.7. The number of aromatic nitrogens is 3. The van der Waals surface area contributed by atoms with E-state index in [2.05, 4.69) is 103 Å². The molecule has 0 aliphatic heterocycles. The summed E-state index contributed by atoms with van der Waals surface area (Å²) in [5.74, 6) is 0.929. The van der Waals surface area contributed by atoms with Gasteiger partial charge in [-0.25, -0.2) is 9.97 Å². The van der Waals surface area contributed by atoms with Crippen molar-refractivity contribution in [2.75, 3.05) is 0 Å². The minimum atomic E-state index is 0.929. The second-order valence-electron chi connectivity index (χ2n) is 7.40. The average Bonchev–Trinajstić information content (AvgIpc) is 3.46. The Bertz CT molecular complexity index is 1550. The summed E-state index contributed by atoms with van der Waals surface area (Å²) in [6, 6.07) is 31.2. The first-order chi connectivity index (χ1) is 15.7. The molecule has 0 N–H and O–H groups in total. The van der Waals surface area contributed by atoms with Crippen LogP contribution in [-0.4, -0.2) is 14.5 Å². The smallest absolute Gasteiger partial charge is 0.145 e. The fourth-order valence-corrected chi connectivity index (χ4v) is 6.00. The number of nitrogens with zero attached hydrogens (tertiary/aromatic N) is 3. The summed E-state index contributed by atoms with van der Waals surface area (Å²) in [6.45, 7) is 0. The first-order valence-corrected chi connectivity index (χ1v) is 12.5. The Morgan fingerprint density at radius 3 is 2.12 bits per heavy atom. The van der Waals surface area contributed by atoms with Crippen LogP contribution in [0, 0.1) is 0 Å². The van der Waals surface area contributed by atoms with Gasteiger partial charge in [0.05, 0.1) is 21.3 Å². The van der Waals surface area contributed by atoms with Crippen LogP contribution in [-0.2, 0) is 0 Å². The van der Waals surface area contributed by atoms with Crippen LogP contribution < -0.4 is 0 Å². The Hall–Kier alpha value is -2.80. The molecule has 0 saturated heterocycles. The van der Waals surface area contributed by atoms with Crippen LogP contribution in [0.2, 0.25) is 0 Å². The van der Waals surface area contributed by atoms with Crippen LogP contribution in [0.5, 0.6) is 0 Å². The molecule has 0 fully saturated rings. The van der Waals surface area contributed by atoms with Crippen LogP contribution in [0.15, 0.2) is 99.9 Å². The number of halogens is 2. The maximum atomic E-state index is 4.96. The van der Waals surface area contributed by atoms with Gasteiger partial charge in [-0.1, -0.05) is 54.6 Å². The molecule has 6 rings (SSSR count). The minimum Gasteiger partial charge on any atom is -0.292 e. The van der Waals surface area contributed by atoms with E-state index in [9.17, 15) is 0 Å². The lowest BCUT2D eigenvalue weighted by Crippen LogP contribution is -1.97. The Kier molecular flexibility index (Phi) is 4.94. The molecule has 0 radical (unpaired) electrons. The number of para-hydroxylation sites is 3. The topological polar surface area (TPSA) is 30.7 Å². The molecule has 0 amide bonds. The lowest BCUT2D eigenvalue weighted by atomic mass is 10.1. The number of imidazole rings is 1. The summed E-state index contributed by atoms with van der Waals surface area (Å²) < 4.78 is 5.43. The molecular weight excluding hydrogens is 546 g/mol. The molecule has 6 aromatic rings. The standard InChI is InChI=1S/C26H15Br2N3S/c27-19-14-15-20(28)24-23(19)30-26(32-24)17-12-10-16(11-13-17)25-29-21-8-4-5-9-22(21)31(25)18-6-2-1-3-7-18/h1-15H. The lowest BCUT2D eigenvalue weighted by molar-refractivity contribution is 1.10. The van der Waals surface area contributed by atoms with Gasteiger partial charge in [0, 0.05) is 25.8 Å². The fraction of sp³-hybridized carbons (Fsp3) is 0. The van der Waals surface area contributed by atoms with Crippen molar-refractivity contribution in [1.29, 1.82) is 0 Å². The highest BCUT2D eigenvalue weighted by Crippen LogP contribution is 2.38. The van der Waals surface area contributed by atoms with Crippen LogP contribution in [0.25, 0.3) is 48.9 Å². The Labute approximate surface area is 205 Å². The molecule has 32 heavy (non-hydrogen) atoms. The van der Waals surface area contributed by atoms with E-state index in [4.69, 9.17) is 9.97 Å². The summed E-state index contributed by atoms with van der Waals surface area (Å²) in [5.41, 5.74) is 6.32. The molecular formula is C26H15Br2N3S. The van der Waals surface area contributed by atoms with Crippen molar-refractivity contribution in [2.45, 2.75) is 0 Å². The van der Waals surface area contributed by atoms with Crippen molar-refractivity contribution in [1.82, 2.24) is 14.5 Å². The quantitative estimate of drug-likeness (QED) is 0.217. The second kappa shape index (κ2) is 7.96. The van der Waals surface area contributed by atoms with Gasteiger partial charge >= 0.3 is 0 Å². The maximum Gasteiger partial charge on any atom is 0.145 e. The third-order valence-electron chi connectivity index (χ3n) is 5.41. The molecule has 0 spiro atoms. The van der Waals surface area contributed by atoms with Crippen molar-refractivity contribution >= 4 is 64.4 Å². The Morgan fingerprint density at radius 2 is 1.34 bits per heavy atom. The molecule has 2 heterocycles. The zero-order valence-electron chi connectivity index (χ0n) is 16.7. The van der Waals surface area contributed by atoms with Crippen molar-refractivity contribution in [3.8, 4) is 27.6 Å². The predicted molar refractivity (Wildman–Crippen MR) is 141 cm³/mol. The van der Waals surface area contributed by atoms with E-state index in [1.165, 1.54) is 0 Å². The van der Waals surface area contributed by atoms with Crippen LogP contribution in [0.3, 0.4) is 0 Å². The van der Waals surface area contributed by atoms with Gasteiger partial charge in [-0.15, -0.1) is 11.3 Å². The first-order valence-electron chi connectivity index (χ1n) is 10.1. The number of hydrogen-bond acceptors (Lipinski definition) is 3. The van der Waals surface area contributed by atoms with Gasteiger partial charge in [-0.3, -0.25) is 4.57 Å². The number of hydrogen-bond donors (Lipinski definition) is 0. The van der Waals surface area contributed by atoms with Crippen LogP contribution >= 0.6 is 43.2 Å². The molecule has 3 nitrogen and oxygen atoms in total. The summed E-state index contributed by atoms with van der Waals surface area (Å²) in [5, 5.41) is 0.996. The summed E-state index contributed by atoms with van der Waals surface area (Å²) in [7, 11) is 0. The lowest BCUT2D eigenvalue weighted by Gasteiger charge is -2.09. The molecule has 4 aromatic carbocycles. The third kappa shape index (κ3) is 3.30. The van der Waals surface area contributed by atoms with E-state index < -0.39 is 0 Å². The molecule has 0 saturated carbocycles. The van der Waals surface area contributed by atoms with Crippen molar-refractivity contribution in [3.63, 3.8) is 0 Å². The molecule has 0 atom stereocenters. The predicted octanol–water partition coefficient (Wildman–Crippen LogP) is 8.49. The van der Waals surface area contributed by atoms with E-state index in [0.717, 1.165) is 57.8 Å². The fourth-order valence-electron chi connectivity index (χ4n) is 3.89. The minimum absolute atomic E-state index is 0.929. The highest BCUT2D eigenvalue weighted by molar-refractivity contribution is 9.11. The molecule has 2 aromatic heterocycles. The normalized spacial score (nSPS) is 11.4. The number of thiazole rings is 1. The van der Waals surface area contributed by atoms with E-state index in [-0.39, 0.29) is 0 Å². The Balaban J connectivity index is 1.47.